The van der Waals surface area contributed by atoms with Gasteiger partial charge >= 0.3 is 0 Å². The molecule has 0 saturated carbocycles. The quantitative estimate of drug-likeness (QED) is 0.900. The maximum absolute atomic E-state index is 13.7. The Kier molecular flexibility index (Phi) is 4.42. The fourth-order valence-corrected chi connectivity index (χ4v) is 1.78. The molecule has 0 heterocycles. The monoisotopic (exact) mass is 276 g/mol. The fourth-order valence-electron chi connectivity index (χ4n) is 1.78. The molecule has 0 spiro atoms. The summed E-state index contributed by atoms with van der Waals surface area (Å²) in [5, 5.41) is 2.48. The van der Waals surface area contributed by atoms with E-state index in [9.17, 15) is 13.6 Å². The van der Waals surface area contributed by atoms with Gasteiger partial charge in [0.25, 0.3) is 5.91 Å². The third-order valence-corrected chi connectivity index (χ3v) is 2.91. The lowest BCUT2D eigenvalue weighted by Gasteiger charge is -2.08. The predicted octanol–water partition coefficient (Wildman–Crippen LogP) is 2.35. The minimum Gasteiger partial charge on any atom is -0.348 e. The second-order valence-electron chi connectivity index (χ2n) is 4.29. The number of nitrogens with two attached hydrogens (primary N) is 1. The Morgan fingerprint density at radius 3 is 2.50 bits per heavy atom. The molecular weight excluding hydrogens is 262 g/mol. The second kappa shape index (κ2) is 6.25. The van der Waals surface area contributed by atoms with Crippen molar-refractivity contribution in [1.29, 1.82) is 0 Å². The topological polar surface area (TPSA) is 55.1 Å². The summed E-state index contributed by atoms with van der Waals surface area (Å²) >= 11 is 0. The summed E-state index contributed by atoms with van der Waals surface area (Å²) in [5.74, 6) is -1.63. The molecule has 0 saturated heterocycles. The van der Waals surface area contributed by atoms with Crippen molar-refractivity contribution in [1.82, 2.24) is 5.32 Å². The number of halogens is 2. The third kappa shape index (κ3) is 3.19. The first-order valence-corrected chi connectivity index (χ1v) is 6.12. The van der Waals surface area contributed by atoms with Gasteiger partial charge in [0.2, 0.25) is 0 Å². The van der Waals surface area contributed by atoms with Crippen molar-refractivity contribution >= 4 is 5.91 Å². The van der Waals surface area contributed by atoms with E-state index >= 15 is 0 Å². The van der Waals surface area contributed by atoms with Crippen molar-refractivity contribution in [2.45, 2.75) is 13.1 Å². The van der Waals surface area contributed by atoms with E-state index in [0.29, 0.717) is 11.1 Å². The molecule has 1 amide bonds. The van der Waals surface area contributed by atoms with Crippen molar-refractivity contribution in [3.05, 3.63) is 70.8 Å². The molecule has 0 bridgehead atoms. The first-order chi connectivity index (χ1) is 9.61. The summed E-state index contributed by atoms with van der Waals surface area (Å²) in [5.41, 5.74) is 6.34. The fraction of sp³-hybridized carbons (Fsp3) is 0.133. The number of amides is 1. The van der Waals surface area contributed by atoms with Gasteiger partial charge in [0.1, 0.15) is 11.6 Å². The van der Waals surface area contributed by atoms with Gasteiger partial charge in [0.05, 0.1) is 5.56 Å². The van der Waals surface area contributed by atoms with Gasteiger partial charge in [0.15, 0.2) is 0 Å². The van der Waals surface area contributed by atoms with E-state index in [2.05, 4.69) is 5.32 Å². The van der Waals surface area contributed by atoms with Crippen LogP contribution in [0.25, 0.3) is 0 Å². The van der Waals surface area contributed by atoms with E-state index in [1.54, 1.807) is 18.2 Å². The van der Waals surface area contributed by atoms with Crippen LogP contribution in [-0.2, 0) is 13.1 Å². The number of carbonyl (C=O) groups excluding carboxylic acids is 1. The number of benzene rings is 2. The van der Waals surface area contributed by atoms with Crippen LogP contribution in [0.4, 0.5) is 8.78 Å². The maximum Gasteiger partial charge on any atom is 0.254 e. The van der Waals surface area contributed by atoms with Crippen LogP contribution in [0.5, 0.6) is 0 Å². The van der Waals surface area contributed by atoms with Gasteiger partial charge in [-0.1, -0.05) is 24.3 Å². The summed E-state index contributed by atoms with van der Waals surface area (Å²) in [4.78, 5) is 11.8. The number of hydrogen-bond donors (Lipinski definition) is 2. The Hall–Kier alpha value is -2.27. The largest absolute Gasteiger partial charge is 0.348 e. The van der Waals surface area contributed by atoms with Crippen LogP contribution in [0.15, 0.2) is 42.5 Å². The lowest BCUT2D eigenvalue weighted by Crippen LogP contribution is -2.24. The second-order valence-corrected chi connectivity index (χ2v) is 4.29. The van der Waals surface area contributed by atoms with Crippen molar-refractivity contribution < 1.29 is 13.6 Å². The Morgan fingerprint density at radius 1 is 1.10 bits per heavy atom. The summed E-state index contributed by atoms with van der Waals surface area (Å²) in [6, 6.07) is 10.2. The summed E-state index contributed by atoms with van der Waals surface area (Å²) < 4.78 is 27.1. The van der Waals surface area contributed by atoms with Crippen LogP contribution in [0, 0.1) is 11.6 Å². The van der Waals surface area contributed by atoms with Crippen LogP contribution in [0.1, 0.15) is 21.5 Å². The van der Waals surface area contributed by atoms with Gasteiger partial charge in [-0.05, 0) is 23.8 Å². The number of nitrogens with one attached hydrogen (secondary N) is 1. The van der Waals surface area contributed by atoms with E-state index < -0.39 is 17.5 Å². The minimum atomic E-state index is -0.607. The zero-order valence-corrected chi connectivity index (χ0v) is 10.7. The SMILES string of the molecule is NCc1ccc(CNC(=O)c2ccccc2F)c(F)c1. The van der Waals surface area contributed by atoms with Crippen LogP contribution in [0.3, 0.4) is 0 Å². The Morgan fingerprint density at radius 2 is 1.85 bits per heavy atom. The Bertz CT molecular complexity index is 629. The van der Waals surface area contributed by atoms with Crippen LogP contribution in [0.2, 0.25) is 0 Å². The highest BCUT2D eigenvalue weighted by Gasteiger charge is 2.11. The smallest absolute Gasteiger partial charge is 0.254 e. The molecule has 0 aliphatic carbocycles. The molecule has 0 fully saturated rings. The molecule has 2 rings (SSSR count). The number of rotatable bonds is 4. The highest BCUT2D eigenvalue weighted by molar-refractivity contribution is 5.94. The molecule has 0 unspecified atom stereocenters. The van der Waals surface area contributed by atoms with E-state index in [1.165, 1.54) is 24.3 Å². The molecule has 3 N–H and O–H groups in total. The lowest BCUT2D eigenvalue weighted by atomic mass is 10.1. The van der Waals surface area contributed by atoms with Crippen molar-refractivity contribution in [2.75, 3.05) is 0 Å². The maximum atomic E-state index is 13.7. The zero-order valence-electron chi connectivity index (χ0n) is 10.7. The molecule has 2 aromatic carbocycles. The van der Waals surface area contributed by atoms with Gasteiger partial charge in [-0.15, -0.1) is 0 Å². The zero-order chi connectivity index (χ0) is 14.5. The molecule has 0 atom stereocenters. The first-order valence-electron chi connectivity index (χ1n) is 6.12. The number of hydrogen-bond acceptors (Lipinski definition) is 2. The van der Waals surface area contributed by atoms with Crippen LogP contribution in [-0.4, -0.2) is 5.91 Å². The average molecular weight is 276 g/mol. The molecule has 3 nitrogen and oxygen atoms in total. The van der Waals surface area contributed by atoms with Gasteiger partial charge in [-0.25, -0.2) is 8.78 Å². The van der Waals surface area contributed by atoms with E-state index in [1.807, 2.05) is 0 Å². The molecule has 0 aromatic heterocycles. The molecule has 0 aliphatic rings. The molecular formula is C15H14F2N2O. The Balaban J connectivity index is 2.06. The van der Waals surface area contributed by atoms with Gasteiger partial charge in [0, 0.05) is 18.7 Å². The molecule has 104 valence electrons. The van der Waals surface area contributed by atoms with Crippen molar-refractivity contribution in [3.63, 3.8) is 0 Å². The van der Waals surface area contributed by atoms with Crippen LogP contribution >= 0.6 is 0 Å². The summed E-state index contributed by atoms with van der Waals surface area (Å²) in [6.45, 7) is 0.239. The lowest BCUT2D eigenvalue weighted by molar-refractivity contribution is 0.0946. The first kappa shape index (κ1) is 14.1. The molecule has 2 aromatic rings. The number of carbonyl (C=O) groups is 1. The minimum absolute atomic E-state index is 0.0101. The summed E-state index contributed by atoms with van der Waals surface area (Å²) in [6.07, 6.45) is 0. The third-order valence-electron chi connectivity index (χ3n) is 2.91. The summed E-state index contributed by atoms with van der Waals surface area (Å²) in [7, 11) is 0. The van der Waals surface area contributed by atoms with Gasteiger partial charge in [-0.2, -0.15) is 0 Å². The molecule has 0 radical (unpaired) electrons. The highest BCUT2D eigenvalue weighted by atomic mass is 19.1. The molecule has 0 aliphatic heterocycles. The predicted molar refractivity (Wildman–Crippen MR) is 71.9 cm³/mol. The Labute approximate surface area is 115 Å². The molecule has 5 heteroatoms. The van der Waals surface area contributed by atoms with Gasteiger partial charge in [-0.3, -0.25) is 4.79 Å². The van der Waals surface area contributed by atoms with E-state index in [0.717, 1.165) is 0 Å². The highest BCUT2D eigenvalue weighted by Crippen LogP contribution is 2.11. The average Bonchev–Trinajstić information content (AvgIpc) is 2.46. The van der Waals surface area contributed by atoms with Gasteiger partial charge < -0.3 is 11.1 Å². The van der Waals surface area contributed by atoms with Crippen LogP contribution < -0.4 is 11.1 Å². The molecule has 20 heavy (non-hydrogen) atoms. The van der Waals surface area contributed by atoms with E-state index in [4.69, 9.17) is 5.73 Å². The van der Waals surface area contributed by atoms with Crippen molar-refractivity contribution in [2.24, 2.45) is 5.73 Å². The van der Waals surface area contributed by atoms with E-state index in [-0.39, 0.29) is 18.7 Å². The normalized spacial score (nSPS) is 10.3. The van der Waals surface area contributed by atoms with Crippen molar-refractivity contribution in [3.8, 4) is 0 Å². The standard InChI is InChI=1S/C15H14F2N2O/c16-13-4-2-1-3-12(13)15(20)19-9-11-6-5-10(8-18)7-14(11)17/h1-7H,8-9,18H2,(H,19,20).